The molecule has 23 heavy (non-hydrogen) atoms. The average molecular weight is 422 g/mol. The molecule has 2 aromatic carbocycles. The second kappa shape index (κ2) is 8.10. The van der Waals surface area contributed by atoms with Crippen LogP contribution < -0.4 is 10.6 Å². The van der Waals surface area contributed by atoms with Crippen LogP contribution in [0.2, 0.25) is 0 Å². The summed E-state index contributed by atoms with van der Waals surface area (Å²) in [5.41, 5.74) is 3.53. The van der Waals surface area contributed by atoms with E-state index in [1.165, 1.54) is 0 Å². The normalized spacial score (nSPS) is 10.2. The Hall–Kier alpha value is -1.89. The number of amides is 2. The fourth-order valence-corrected chi connectivity index (χ4v) is 2.71. The van der Waals surface area contributed by atoms with E-state index >= 15 is 0 Å². The first-order valence-electron chi connectivity index (χ1n) is 7.37. The van der Waals surface area contributed by atoms with Crippen molar-refractivity contribution in [3.8, 4) is 0 Å². The molecule has 4 nitrogen and oxygen atoms in total. The van der Waals surface area contributed by atoms with Crippen molar-refractivity contribution in [2.75, 3.05) is 13.1 Å². The summed E-state index contributed by atoms with van der Waals surface area (Å²) in [4.78, 5) is 24.1. The maximum atomic E-state index is 12.1. The summed E-state index contributed by atoms with van der Waals surface area (Å²) in [7, 11) is 0. The maximum Gasteiger partial charge on any atom is 0.252 e. The fourth-order valence-electron chi connectivity index (χ4n) is 2.08. The molecule has 0 saturated heterocycles. The Bertz CT molecular complexity index is 729. The van der Waals surface area contributed by atoms with E-state index in [1.54, 1.807) is 6.07 Å². The van der Waals surface area contributed by atoms with Gasteiger partial charge in [0.05, 0.1) is 5.56 Å². The van der Waals surface area contributed by atoms with Crippen molar-refractivity contribution in [2.24, 2.45) is 0 Å². The number of carbonyl (C=O) groups excluding carboxylic acids is 2. The van der Waals surface area contributed by atoms with E-state index in [-0.39, 0.29) is 11.8 Å². The highest BCUT2D eigenvalue weighted by atomic mass is 127. The van der Waals surface area contributed by atoms with Crippen molar-refractivity contribution in [2.45, 2.75) is 13.8 Å². The molecule has 2 rings (SSSR count). The second-order valence-electron chi connectivity index (χ2n) is 5.29. The number of benzene rings is 2. The molecule has 120 valence electrons. The first kappa shape index (κ1) is 17.5. The number of carbonyl (C=O) groups is 2. The van der Waals surface area contributed by atoms with Crippen molar-refractivity contribution in [1.29, 1.82) is 0 Å². The van der Waals surface area contributed by atoms with Gasteiger partial charge in [0, 0.05) is 22.2 Å². The van der Waals surface area contributed by atoms with Crippen LogP contribution in [0.5, 0.6) is 0 Å². The molecule has 2 N–H and O–H groups in total. The minimum Gasteiger partial charge on any atom is -0.350 e. The third-order valence-electron chi connectivity index (χ3n) is 3.58. The first-order valence-corrected chi connectivity index (χ1v) is 8.45. The monoisotopic (exact) mass is 422 g/mol. The molecule has 0 aromatic heterocycles. The van der Waals surface area contributed by atoms with Crippen molar-refractivity contribution in [1.82, 2.24) is 10.6 Å². The summed E-state index contributed by atoms with van der Waals surface area (Å²) in [5.74, 6) is -0.257. The van der Waals surface area contributed by atoms with Crippen LogP contribution in [-0.4, -0.2) is 24.9 Å². The number of nitrogens with one attached hydrogen (secondary N) is 2. The molecule has 2 amide bonds. The Morgan fingerprint density at radius 1 is 0.913 bits per heavy atom. The lowest BCUT2D eigenvalue weighted by atomic mass is 10.1. The first-order chi connectivity index (χ1) is 11.0. The Balaban J connectivity index is 1.81. The molecule has 0 spiro atoms. The van der Waals surface area contributed by atoms with Gasteiger partial charge in [-0.05, 0) is 71.8 Å². The lowest BCUT2D eigenvalue weighted by molar-refractivity contribution is 0.0927. The van der Waals surface area contributed by atoms with Crippen LogP contribution in [0.1, 0.15) is 31.8 Å². The molecule has 0 fully saturated rings. The summed E-state index contributed by atoms with van der Waals surface area (Å²) in [6.45, 7) is 4.77. The number of hydrogen-bond donors (Lipinski definition) is 2. The third-order valence-corrected chi connectivity index (χ3v) is 4.52. The van der Waals surface area contributed by atoms with E-state index in [9.17, 15) is 9.59 Å². The van der Waals surface area contributed by atoms with E-state index in [1.807, 2.05) is 50.2 Å². The van der Waals surface area contributed by atoms with Crippen LogP contribution in [-0.2, 0) is 0 Å². The number of aryl methyl sites for hydroxylation is 2. The predicted molar refractivity (Wildman–Crippen MR) is 99.7 cm³/mol. The molecule has 0 aliphatic heterocycles. The van der Waals surface area contributed by atoms with Crippen LogP contribution in [0, 0.1) is 17.4 Å². The molecule has 0 unspecified atom stereocenters. The minimum absolute atomic E-state index is 0.128. The quantitative estimate of drug-likeness (QED) is 0.575. The van der Waals surface area contributed by atoms with Gasteiger partial charge in [-0.15, -0.1) is 0 Å². The predicted octanol–water partition coefficient (Wildman–Crippen LogP) is 3.07. The molecule has 0 aliphatic rings. The van der Waals surface area contributed by atoms with Gasteiger partial charge in [0.2, 0.25) is 0 Å². The Morgan fingerprint density at radius 3 is 2.22 bits per heavy atom. The molecule has 0 bridgehead atoms. The van der Waals surface area contributed by atoms with Crippen molar-refractivity contribution in [3.63, 3.8) is 0 Å². The van der Waals surface area contributed by atoms with Crippen molar-refractivity contribution >= 4 is 34.4 Å². The lowest BCUT2D eigenvalue weighted by Crippen LogP contribution is -2.35. The highest BCUT2D eigenvalue weighted by Crippen LogP contribution is 2.11. The van der Waals surface area contributed by atoms with Gasteiger partial charge in [-0.1, -0.05) is 18.2 Å². The zero-order valence-corrected chi connectivity index (χ0v) is 15.3. The van der Waals surface area contributed by atoms with Crippen LogP contribution in [0.3, 0.4) is 0 Å². The maximum absolute atomic E-state index is 12.1. The highest BCUT2D eigenvalue weighted by Gasteiger charge is 2.09. The molecule has 0 aliphatic carbocycles. The third kappa shape index (κ3) is 4.79. The Labute approximate surface area is 149 Å². The standard InChI is InChI=1S/C18H19IN2O2/c1-12-7-8-14(11-13(12)2)17(22)20-9-10-21-18(23)15-5-3-4-6-16(15)19/h3-8,11H,9-10H2,1-2H3,(H,20,22)(H,21,23). The molecule has 0 radical (unpaired) electrons. The van der Waals surface area contributed by atoms with Gasteiger partial charge in [0.25, 0.3) is 11.8 Å². The molecule has 5 heteroatoms. The van der Waals surface area contributed by atoms with Gasteiger partial charge in [0.15, 0.2) is 0 Å². The SMILES string of the molecule is Cc1ccc(C(=O)NCCNC(=O)c2ccccc2I)cc1C. The van der Waals surface area contributed by atoms with Gasteiger partial charge < -0.3 is 10.6 Å². The number of halogens is 1. The van der Waals surface area contributed by atoms with E-state index in [0.717, 1.165) is 14.7 Å². The largest absolute Gasteiger partial charge is 0.350 e. The van der Waals surface area contributed by atoms with Crippen LogP contribution in [0.4, 0.5) is 0 Å². The summed E-state index contributed by atoms with van der Waals surface area (Å²) in [6.07, 6.45) is 0. The zero-order valence-electron chi connectivity index (χ0n) is 13.2. The minimum atomic E-state index is -0.129. The topological polar surface area (TPSA) is 58.2 Å². The molecule has 0 saturated carbocycles. The van der Waals surface area contributed by atoms with Crippen molar-refractivity contribution in [3.05, 3.63) is 68.3 Å². The van der Waals surface area contributed by atoms with E-state index in [2.05, 4.69) is 33.2 Å². The smallest absolute Gasteiger partial charge is 0.252 e. The molecule has 2 aromatic rings. The van der Waals surface area contributed by atoms with Gasteiger partial charge in [0.1, 0.15) is 0 Å². The molecule has 0 heterocycles. The summed E-state index contributed by atoms with van der Waals surface area (Å²) in [6, 6.07) is 13.0. The summed E-state index contributed by atoms with van der Waals surface area (Å²) < 4.78 is 0.904. The summed E-state index contributed by atoms with van der Waals surface area (Å²) in [5, 5.41) is 5.62. The zero-order chi connectivity index (χ0) is 16.8. The Morgan fingerprint density at radius 2 is 1.57 bits per heavy atom. The van der Waals surface area contributed by atoms with Crippen LogP contribution in [0.25, 0.3) is 0 Å². The van der Waals surface area contributed by atoms with Gasteiger partial charge in [-0.3, -0.25) is 9.59 Å². The van der Waals surface area contributed by atoms with Crippen LogP contribution >= 0.6 is 22.6 Å². The Kier molecular flexibility index (Phi) is 6.15. The van der Waals surface area contributed by atoms with E-state index < -0.39 is 0 Å². The second-order valence-corrected chi connectivity index (χ2v) is 6.45. The number of hydrogen-bond acceptors (Lipinski definition) is 2. The summed E-state index contributed by atoms with van der Waals surface area (Å²) >= 11 is 2.13. The van der Waals surface area contributed by atoms with Gasteiger partial charge >= 0.3 is 0 Å². The van der Waals surface area contributed by atoms with E-state index in [4.69, 9.17) is 0 Å². The fraction of sp³-hybridized carbons (Fsp3) is 0.222. The average Bonchev–Trinajstić information content (AvgIpc) is 2.54. The molecular formula is C18H19IN2O2. The molecule has 0 atom stereocenters. The highest BCUT2D eigenvalue weighted by molar-refractivity contribution is 14.1. The van der Waals surface area contributed by atoms with Gasteiger partial charge in [-0.25, -0.2) is 0 Å². The van der Waals surface area contributed by atoms with Gasteiger partial charge in [-0.2, -0.15) is 0 Å². The van der Waals surface area contributed by atoms with E-state index in [0.29, 0.717) is 24.2 Å². The lowest BCUT2D eigenvalue weighted by Gasteiger charge is -2.09. The van der Waals surface area contributed by atoms with Crippen molar-refractivity contribution < 1.29 is 9.59 Å². The molecular weight excluding hydrogens is 403 g/mol. The number of rotatable bonds is 5. The van der Waals surface area contributed by atoms with Crippen LogP contribution in [0.15, 0.2) is 42.5 Å².